The van der Waals surface area contributed by atoms with Crippen molar-refractivity contribution in [2.45, 2.75) is 84.1 Å². The van der Waals surface area contributed by atoms with Crippen molar-refractivity contribution in [2.24, 2.45) is 0 Å². The van der Waals surface area contributed by atoms with E-state index in [1.807, 2.05) is 29.3 Å². The average Bonchev–Trinajstić information content (AvgIpc) is 3.79. The van der Waals surface area contributed by atoms with Crippen LogP contribution in [-0.2, 0) is 29.2 Å². The molecule has 4 aliphatic rings. The number of aromatic nitrogens is 4. The normalized spacial score (nSPS) is 20.1. The highest BCUT2D eigenvalue weighted by molar-refractivity contribution is 6.00. The smallest absolute Gasteiger partial charge is 0.263 e. The molecule has 2 N–H and O–H groups in total. The Hall–Kier alpha value is -5.08. The van der Waals surface area contributed by atoms with E-state index in [1.54, 1.807) is 23.8 Å². The molecule has 2 amide bonds. The molecule has 52 heavy (non-hydrogen) atoms. The third kappa shape index (κ3) is 6.45. The summed E-state index contributed by atoms with van der Waals surface area (Å²) in [6, 6.07) is 7.05. The molecule has 4 aromatic rings. The van der Waals surface area contributed by atoms with E-state index in [0.29, 0.717) is 66.4 Å². The van der Waals surface area contributed by atoms with Gasteiger partial charge in [-0.15, -0.1) is 0 Å². The number of carbonyl (C=O) groups is 3. The molecule has 2 saturated heterocycles. The number of pyridine rings is 2. The van der Waals surface area contributed by atoms with Crippen molar-refractivity contribution in [3.63, 3.8) is 0 Å². The number of piperazine rings is 1. The van der Waals surface area contributed by atoms with E-state index in [2.05, 4.69) is 30.4 Å². The molecule has 0 spiro atoms. The molecular weight excluding hydrogens is 665 g/mol. The van der Waals surface area contributed by atoms with Crippen LogP contribution in [0.3, 0.4) is 0 Å². The molecule has 3 aliphatic heterocycles. The largest absolute Gasteiger partial charge is 0.368 e. The standard InChI is InChI=1S/C38H42FN9O4/c1-22-29-18-41-38(44-35(29)48(27-5-3-4-6-27)37(52)34(22)23(2)49)42-32-9-7-28(17-40-32)46-13-11-45(12-14-46)19-26-15-24-20-47(21-25(24)16-30(26)39)31-8-10-33(50)43-36(31)51/h7,9,15-18,27,31H,3-6,8,10-14,19-21H2,1-2H3,(H,43,50,51)(H,40,41,42,44). The zero-order valence-corrected chi connectivity index (χ0v) is 29.5. The van der Waals surface area contributed by atoms with Crippen LogP contribution in [0.1, 0.15) is 84.1 Å². The van der Waals surface area contributed by atoms with Gasteiger partial charge in [-0.2, -0.15) is 4.98 Å². The van der Waals surface area contributed by atoms with Gasteiger partial charge in [0.05, 0.1) is 23.5 Å². The van der Waals surface area contributed by atoms with E-state index in [4.69, 9.17) is 4.98 Å². The van der Waals surface area contributed by atoms with Gasteiger partial charge < -0.3 is 10.2 Å². The number of halogens is 1. The Kier molecular flexibility index (Phi) is 9.04. The molecule has 3 aromatic heterocycles. The molecule has 0 bridgehead atoms. The van der Waals surface area contributed by atoms with Gasteiger partial charge in [-0.25, -0.2) is 14.4 Å². The number of amides is 2. The fraction of sp³-hybridized carbons (Fsp3) is 0.447. The molecule has 8 rings (SSSR count). The van der Waals surface area contributed by atoms with Gasteiger partial charge in [-0.1, -0.05) is 12.8 Å². The molecule has 0 radical (unpaired) electrons. The van der Waals surface area contributed by atoms with Crippen LogP contribution in [0.4, 0.5) is 21.8 Å². The van der Waals surface area contributed by atoms with Crippen LogP contribution in [0.5, 0.6) is 0 Å². The number of nitrogens with zero attached hydrogens (tertiary/aromatic N) is 7. The first kappa shape index (κ1) is 34.0. The molecule has 270 valence electrons. The average molecular weight is 708 g/mol. The van der Waals surface area contributed by atoms with Crippen LogP contribution in [-0.4, -0.2) is 79.1 Å². The van der Waals surface area contributed by atoms with Crippen molar-refractivity contribution >= 4 is 46.1 Å². The lowest BCUT2D eigenvalue weighted by molar-refractivity contribution is -0.137. The number of piperidine rings is 1. The van der Waals surface area contributed by atoms with Gasteiger partial charge in [-0.3, -0.25) is 38.9 Å². The summed E-state index contributed by atoms with van der Waals surface area (Å²) in [6.07, 6.45) is 8.11. The van der Waals surface area contributed by atoms with Gasteiger partial charge in [0.25, 0.3) is 5.56 Å². The SMILES string of the molecule is CC(=O)c1c(C)c2cnc(Nc3ccc(N4CCN(Cc5cc6c(cc5F)CN(C5CCC(=O)NC5=O)C6)CC4)cn3)nc2n(C2CCCC2)c1=O. The predicted octanol–water partition coefficient (Wildman–Crippen LogP) is 4.14. The maximum Gasteiger partial charge on any atom is 0.263 e. The van der Waals surface area contributed by atoms with Crippen molar-refractivity contribution < 1.29 is 18.8 Å². The number of nitrogens with one attached hydrogen (secondary N) is 2. The second kappa shape index (κ2) is 13.8. The van der Waals surface area contributed by atoms with E-state index in [1.165, 1.54) is 6.92 Å². The highest BCUT2D eigenvalue weighted by Crippen LogP contribution is 2.33. The zero-order chi connectivity index (χ0) is 36.1. The Bertz CT molecular complexity index is 2140. The minimum Gasteiger partial charge on any atom is -0.368 e. The molecule has 14 heteroatoms. The fourth-order valence-electron chi connectivity index (χ4n) is 8.35. The molecule has 1 unspecified atom stereocenters. The number of hydrogen-bond donors (Lipinski definition) is 2. The zero-order valence-electron chi connectivity index (χ0n) is 29.5. The second-order valence-electron chi connectivity index (χ2n) is 14.5. The number of benzene rings is 1. The van der Waals surface area contributed by atoms with Gasteiger partial charge in [0.1, 0.15) is 17.3 Å². The molecule has 1 atom stereocenters. The topological polar surface area (TPSA) is 146 Å². The third-order valence-electron chi connectivity index (χ3n) is 11.1. The van der Waals surface area contributed by atoms with Crippen LogP contribution < -0.4 is 21.1 Å². The summed E-state index contributed by atoms with van der Waals surface area (Å²) in [5.74, 6) is -0.0955. The van der Waals surface area contributed by atoms with Gasteiger partial charge >= 0.3 is 0 Å². The maximum absolute atomic E-state index is 15.3. The first-order chi connectivity index (χ1) is 25.1. The number of ketones is 1. The highest BCUT2D eigenvalue weighted by Gasteiger charge is 2.35. The Morgan fingerprint density at radius 3 is 2.42 bits per heavy atom. The molecule has 1 saturated carbocycles. The van der Waals surface area contributed by atoms with Gasteiger partial charge in [0.2, 0.25) is 17.8 Å². The summed E-state index contributed by atoms with van der Waals surface area (Å²) in [6.45, 7) is 7.82. The summed E-state index contributed by atoms with van der Waals surface area (Å²) in [7, 11) is 0. The summed E-state index contributed by atoms with van der Waals surface area (Å²) < 4.78 is 17.0. The van der Waals surface area contributed by atoms with E-state index in [-0.39, 0.29) is 46.6 Å². The van der Waals surface area contributed by atoms with Crippen LogP contribution in [0, 0.1) is 12.7 Å². The van der Waals surface area contributed by atoms with Crippen molar-refractivity contribution in [3.05, 3.63) is 80.6 Å². The number of hydrogen-bond acceptors (Lipinski definition) is 11. The van der Waals surface area contributed by atoms with E-state index in [9.17, 15) is 19.2 Å². The molecule has 6 heterocycles. The number of carbonyl (C=O) groups excluding carboxylic acids is 3. The lowest BCUT2D eigenvalue weighted by Gasteiger charge is -2.36. The van der Waals surface area contributed by atoms with Crippen LogP contribution in [0.15, 0.2) is 41.5 Å². The Morgan fingerprint density at radius 2 is 1.73 bits per heavy atom. The monoisotopic (exact) mass is 707 g/mol. The van der Waals surface area contributed by atoms with Crippen LogP contribution >= 0.6 is 0 Å². The Morgan fingerprint density at radius 1 is 0.981 bits per heavy atom. The molecule has 13 nitrogen and oxygen atoms in total. The molecule has 1 aromatic carbocycles. The van der Waals surface area contributed by atoms with Crippen LogP contribution in [0.25, 0.3) is 11.0 Å². The minimum atomic E-state index is -0.370. The maximum atomic E-state index is 15.3. The van der Waals surface area contributed by atoms with Gasteiger partial charge in [0.15, 0.2) is 5.78 Å². The third-order valence-corrected chi connectivity index (χ3v) is 11.1. The van der Waals surface area contributed by atoms with E-state index in [0.717, 1.165) is 68.7 Å². The van der Waals surface area contributed by atoms with Crippen molar-refractivity contribution in [2.75, 3.05) is 36.4 Å². The fourth-order valence-corrected chi connectivity index (χ4v) is 8.35. The summed E-state index contributed by atoms with van der Waals surface area (Å²) in [5, 5.41) is 6.31. The van der Waals surface area contributed by atoms with Gasteiger partial charge in [0, 0.05) is 75.4 Å². The lowest BCUT2D eigenvalue weighted by atomic mass is 10.0. The Balaban J connectivity index is 0.902. The number of Topliss-reactive ketones (excluding diaryl/α,β-unsaturated/α-hetero) is 1. The predicted molar refractivity (Wildman–Crippen MR) is 193 cm³/mol. The van der Waals surface area contributed by atoms with Crippen LogP contribution in [0.2, 0.25) is 0 Å². The number of rotatable bonds is 8. The summed E-state index contributed by atoms with van der Waals surface area (Å²) >= 11 is 0. The summed E-state index contributed by atoms with van der Waals surface area (Å²) in [5.41, 5.74) is 4.62. The molecule has 3 fully saturated rings. The van der Waals surface area contributed by atoms with E-state index >= 15 is 4.39 Å². The molecular formula is C38H42FN9O4. The number of imide groups is 1. The highest BCUT2D eigenvalue weighted by atomic mass is 19.1. The summed E-state index contributed by atoms with van der Waals surface area (Å²) in [4.78, 5) is 70.4. The number of anilines is 3. The quantitative estimate of drug-likeness (QED) is 0.201. The Labute approximate surface area is 300 Å². The van der Waals surface area contributed by atoms with Gasteiger partial charge in [-0.05, 0) is 74.1 Å². The van der Waals surface area contributed by atoms with Crippen molar-refractivity contribution in [3.8, 4) is 0 Å². The number of aryl methyl sites for hydroxylation is 1. The second-order valence-corrected chi connectivity index (χ2v) is 14.5. The van der Waals surface area contributed by atoms with Crippen molar-refractivity contribution in [1.82, 2.24) is 34.6 Å². The van der Waals surface area contributed by atoms with Crippen molar-refractivity contribution in [1.29, 1.82) is 0 Å². The molecule has 1 aliphatic carbocycles. The minimum absolute atomic E-state index is 0.000391. The lowest BCUT2D eigenvalue weighted by Crippen LogP contribution is -2.50. The number of fused-ring (bicyclic) bond motifs is 2. The first-order valence-electron chi connectivity index (χ1n) is 18.1. The van der Waals surface area contributed by atoms with E-state index < -0.39 is 0 Å². The first-order valence-corrected chi connectivity index (χ1v) is 18.1.